The predicted molar refractivity (Wildman–Crippen MR) is 18.6 cm³/mol. The van der Waals surface area contributed by atoms with Crippen molar-refractivity contribution in [2.24, 2.45) is 5.73 Å². The van der Waals surface area contributed by atoms with Crippen LogP contribution >= 0.6 is 11.8 Å². The molecule has 0 fully saturated rings. The van der Waals surface area contributed by atoms with E-state index in [9.17, 15) is 4.79 Å². The number of hydrogen-bond donors (Lipinski definition) is 2. The summed E-state index contributed by atoms with van der Waals surface area (Å²) in [6, 6.07) is -0.730. The molecule has 0 saturated carbocycles. The number of halogens is 1. The standard InChI is InChI=1S/CH3ClN2O.Na/c2-4-1(3)5;/h(H3,3,4,5);/q;+1. The second-order valence-corrected chi connectivity index (χ2v) is 0.648. The zero-order chi connectivity index (χ0) is 4.28. The molecule has 3 nitrogen and oxygen atoms in total. The number of urea groups is 1. The van der Waals surface area contributed by atoms with E-state index in [4.69, 9.17) is 0 Å². The third-order valence-electron chi connectivity index (χ3n) is 0.0931. The van der Waals surface area contributed by atoms with E-state index < -0.39 is 6.03 Å². The molecule has 0 aliphatic carbocycles. The monoisotopic (exact) mass is 117 g/mol. The van der Waals surface area contributed by atoms with E-state index in [2.05, 4.69) is 17.5 Å². The molecular weight excluding hydrogens is 114 g/mol. The van der Waals surface area contributed by atoms with Crippen LogP contribution < -0.4 is 40.1 Å². The molecule has 0 atom stereocenters. The average molecular weight is 117 g/mol. The second-order valence-electron chi connectivity index (χ2n) is 0.459. The summed E-state index contributed by atoms with van der Waals surface area (Å²) in [4.78, 5) is 11.0. The van der Waals surface area contributed by atoms with Crippen LogP contribution in [0, 0.1) is 0 Å². The Balaban J connectivity index is 0. The maximum atomic E-state index is 9.35. The number of nitrogens with one attached hydrogen (secondary N) is 1. The number of carbonyl (C=O) groups is 1. The third-order valence-corrected chi connectivity index (χ3v) is 0.279. The molecule has 2 amide bonds. The summed E-state index contributed by atoms with van der Waals surface area (Å²) in [5.41, 5.74) is 4.41. The third kappa shape index (κ3) is 8.82. The van der Waals surface area contributed by atoms with Gasteiger partial charge in [0, 0.05) is 11.8 Å². The number of carbonyl (C=O) groups excluding carboxylic acids is 1. The smallest absolute Gasteiger partial charge is 0.351 e. The van der Waals surface area contributed by atoms with Crippen LogP contribution in [0.2, 0.25) is 0 Å². The van der Waals surface area contributed by atoms with Crippen LogP contribution in [0.25, 0.3) is 0 Å². The van der Waals surface area contributed by atoms with Crippen molar-refractivity contribution >= 4 is 17.8 Å². The first-order valence-electron chi connectivity index (χ1n) is 0.932. The summed E-state index contributed by atoms with van der Waals surface area (Å²) in [5.74, 6) is 0. The molecule has 5 heteroatoms. The zero-order valence-electron chi connectivity index (χ0n) is 3.36. The van der Waals surface area contributed by atoms with E-state index >= 15 is 0 Å². The van der Waals surface area contributed by atoms with E-state index in [1.165, 1.54) is 0 Å². The van der Waals surface area contributed by atoms with Gasteiger partial charge in [0.05, 0.1) is 0 Å². The molecule has 3 N–H and O–H groups in total. The SMILES string of the molecule is NC(=O)NCl.[Na+]. The molecular formula is CH3ClN2NaO+. The summed E-state index contributed by atoms with van der Waals surface area (Å²) in [7, 11) is 0. The van der Waals surface area contributed by atoms with Crippen LogP contribution in [0.1, 0.15) is 0 Å². The van der Waals surface area contributed by atoms with E-state index in [0.29, 0.717) is 0 Å². The Morgan fingerprint density at radius 3 is 2.00 bits per heavy atom. The van der Waals surface area contributed by atoms with Gasteiger partial charge < -0.3 is 5.73 Å². The van der Waals surface area contributed by atoms with E-state index in [0.717, 1.165) is 0 Å². The van der Waals surface area contributed by atoms with Crippen molar-refractivity contribution in [2.45, 2.75) is 0 Å². The first-order valence-corrected chi connectivity index (χ1v) is 1.31. The molecule has 30 valence electrons. The van der Waals surface area contributed by atoms with Gasteiger partial charge in [0.25, 0.3) is 0 Å². The van der Waals surface area contributed by atoms with Gasteiger partial charge in [-0.2, -0.15) is 0 Å². The Kier molecular flexibility index (Phi) is 9.04. The predicted octanol–water partition coefficient (Wildman–Crippen LogP) is -3.19. The maximum Gasteiger partial charge on any atom is 1.00 e. The van der Waals surface area contributed by atoms with Crippen LogP contribution in [-0.4, -0.2) is 6.03 Å². The molecule has 0 aliphatic rings. The number of hydrogen-bond acceptors (Lipinski definition) is 1. The molecule has 0 spiro atoms. The van der Waals surface area contributed by atoms with Crippen LogP contribution in [-0.2, 0) is 0 Å². The molecule has 0 aliphatic heterocycles. The van der Waals surface area contributed by atoms with Crippen molar-refractivity contribution < 1.29 is 34.4 Å². The Bertz CT molecular complexity index is 48.8. The zero-order valence-corrected chi connectivity index (χ0v) is 6.12. The van der Waals surface area contributed by atoms with Crippen LogP contribution in [0.15, 0.2) is 0 Å². The topological polar surface area (TPSA) is 55.1 Å². The van der Waals surface area contributed by atoms with Gasteiger partial charge >= 0.3 is 35.6 Å². The maximum absolute atomic E-state index is 9.35. The summed E-state index contributed by atoms with van der Waals surface area (Å²) in [6.07, 6.45) is 0. The number of amides is 2. The van der Waals surface area contributed by atoms with Crippen molar-refractivity contribution in [3.05, 3.63) is 0 Å². The minimum absolute atomic E-state index is 0. The van der Waals surface area contributed by atoms with E-state index in [-0.39, 0.29) is 29.6 Å². The number of rotatable bonds is 0. The van der Waals surface area contributed by atoms with Gasteiger partial charge in [-0.25, -0.2) is 4.79 Å². The molecule has 0 radical (unpaired) electrons. The normalized spacial score (nSPS) is 5.50. The van der Waals surface area contributed by atoms with Crippen molar-refractivity contribution in [1.82, 2.24) is 4.84 Å². The first-order chi connectivity index (χ1) is 2.27. The Hall–Kier alpha value is 0.560. The average Bonchev–Trinajstić information content (AvgIpc) is 1.38. The Morgan fingerprint density at radius 2 is 2.00 bits per heavy atom. The quantitative estimate of drug-likeness (QED) is 0.255. The Morgan fingerprint density at radius 1 is 1.83 bits per heavy atom. The van der Waals surface area contributed by atoms with E-state index in [1.807, 2.05) is 0 Å². The molecule has 0 aromatic heterocycles. The van der Waals surface area contributed by atoms with Gasteiger partial charge in [-0.1, -0.05) is 0 Å². The number of nitrogens with two attached hydrogens (primary N) is 1. The molecule has 0 aromatic carbocycles. The molecule has 0 unspecified atom stereocenters. The Labute approximate surface area is 62.6 Å². The second kappa shape index (κ2) is 5.56. The fraction of sp³-hybridized carbons (Fsp3) is 0. The first kappa shape index (κ1) is 9.75. The minimum atomic E-state index is -0.730. The van der Waals surface area contributed by atoms with Crippen molar-refractivity contribution in [2.75, 3.05) is 0 Å². The largest absolute Gasteiger partial charge is 1.00 e. The molecule has 0 bridgehead atoms. The van der Waals surface area contributed by atoms with Crippen molar-refractivity contribution in [1.29, 1.82) is 0 Å². The van der Waals surface area contributed by atoms with Crippen LogP contribution in [0.4, 0.5) is 4.79 Å². The summed E-state index contributed by atoms with van der Waals surface area (Å²) in [6.45, 7) is 0. The molecule has 0 aromatic rings. The fourth-order valence-corrected chi connectivity index (χ4v) is 0. The summed E-state index contributed by atoms with van der Waals surface area (Å²) >= 11 is 4.61. The van der Waals surface area contributed by atoms with Crippen LogP contribution in [0.3, 0.4) is 0 Å². The van der Waals surface area contributed by atoms with Gasteiger partial charge in [0.2, 0.25) is 0 Å². The van der Waals surface area contributed by atoms with Gasteiger partial charge in [0.1, 0.15) is 0 Å². The molecule has 0 heterocycles. The minimum Gasteiger partial charge on any atom is -0.351 e. The van der Waals surface area contributed by atoms with Crippen LogP contribution in [0.5, 0.6) is 0 Å². The number of primary amides is 1. The molecule has 0 saturated heterocycles. The summed E-state index contributed by atoms with van der Waals surface area (Å²) in [5, 5.41) is 0. The van der Waals surface area contributed by atoms with Gasteiger partial charge in [-0.15, -0.1) is 0 Å². The van der Waals surface area contributed by atoms with Crippen molar-refractivity contribution in [3.63, 3.8) is 0 Å². The van der Waals surface area contributed by atoms with Crippen molar-refractivity contribution in [3.8, 4) is 0 Å². The molecule has 6 heavy (non-hydrogen) atoms. The van der Waals surface area contributed by atoms with Gasteiger partial charge in [0.15, 0.2) is 0 Å². The fourth-order valence-electron chi connectivity index (χ4n) is 0. The summed E-state index contributed by atoms with van der Waals surface area (Å²) < 4.78 is 0. The van der Waals surface area contributed by atoms with E-state index in [1.54, 1.807) is 4.84 Å². The van der Waals surface area contributed by atoms with Gasteiger partial charge in [-0.3, -0.25) is 4.84 Å². The molecule has 0 rings (SSSR count). The van der Waals surface area contributed by atoms with Gasteiger partial charge in [-0.05, 0) is 0 Å².